The van der Waals surface area contributed by atoms with E-state index in [2.05, 4.69) is 10.3 Å². The molecule has 0 bridgehead atoms. The third kappa shape index (κ3) is 2.96. The lowest BCUT2D eigenvalue weighted by Gasteiger charge is -2.08. The molecule has 1 aliphatic carbocycles. The minimum atomic E-state index is -0.293. The largest absolute Gasteiger partial charge is 0.497 e. The van der Waals surface area contributed by atoms with Gasteiger partial charge in [0.1, 0.15) is 11.6 Å². The molecule has 1 fully saturated rings. The lowest BCUT2D eigenvalue weighted by Crippen LogP contribution is -2.15. The molecule has 3 nitrogen and oxygen atoms in total. The Balaban J connectivity index is 1.83. The molecular formula is C16H17FN2O. The fourth-order valence-corrected chi connectivity index (χ4v) is 2.14. The third-order valence-corrected chi connectivity index (χ3v) is 3.45. The van der Waals surface area contributed by atoms with E-state index in [9.17, 15) is 4.39 Å². The highest BCUT2D eigenvalue weighted by Crippen LogP contribution is 2.26. The highest BCUT2D eigenvalue weighted by molar-refractivity contribution is 5.64. The zero-order valence-corrected chi connectivity index (χ0v) is 11.4. The minimum absolute atomic E-state index is 0.293. The van der Waals surface area contributed by atoms with Gasteiger partial charge in [-0.15, -0.1) is 0 Å². The molecule has 0 saturated heterocycles. The summed E-state index contributed by atoms with van der Waals surface area (Å²) in [5, 5.41) is 3.43. The van der Waals surface area contributed by atoms with E-state index >= 15 is 0 Å². The normalized spacial score (nSPS) is 14.3. The Bertz CT molecular complexity index is 611. The zero-order valence-electron chi connectivity index (χ0n) is 11.4. The molecule has 3 rings (SSSR count). The molecule has 1 saturated carbocycles. The Kier molecular flexibility index (Phi) is 3.65. The van der Waals surface area contributed by atoms with E-state index < -0.39 is 0 Å². The third-order valence-electron chi connectivity index (χ3n) is 3.45. The number of benzene rings is 1. The van der Waals surface area contributed by atoms with E-state index in [4.69, 9.17) is 4.74 Å². The van der Waals surface area contributed by atoms with Gasteiger partial charge in [-0.2, -0.15) is 0 Å². The van der Waals surface area contributed by atoms with Crippen LogP contribution >= 0.6 is 0 Å². The molecule has 0 aliphatic heterocycles. The summed E-state index contributed by atoms with van der Waals surface area (Å²) in [5.41, 5.74) is 2.41. The van der Waals surface area contributed by atoms with Crippen LogP contribution in [0.4, 0.5) is 4.39 Å². The number of rotatable bonds is 5. The number of ether oxygens (including phenoxy) is 1. The maximum atomic E-state index is 14.1. The molecule has 1 aromatic carbocycles. The predicted octanol–water partition coefficient (Wildman–Crippen LogP) is 3.15. The number of nitrogens with one attached hydrogen (secondary N) is 1. The van der Waals surface area contributed by atoms with Gasteiger partial charge in [0.15, 0.2) is 0 Å². The van der Waals surface area contributed by atoms with Crippen molar-refractivity contribution in [1.82, 2.24) is 10.3 Å². The van der Waals surface area contributed by atoms with Gasteiger partial charge in [0.25, 0.3) is 0 Å². The van der Waals surface area contributed by atoms with Crippen LogP contribution in [-0.2, 0) is 6.54 Å². The second-order valence-electron chi connectivity index (χ2n) is 5.08. The molecule has 0 amide bonds. The first-order valence-electron chi connectivity index (χ1n) is 6.77. The lowest BCUT2D eigenvalue weighted by molar-refractivity contribution is 0.411. The summed E-state index contributed by atoms with van der Waals surface area (Å²) in [6.45, 7) is 0.781. The van der Waals surface area contributed by atoms with Crippen molar-refractivity contribution in [2.24, 2.45) is 0 Å². The van der Waals surface area contributed by atoms with E-state index in [-0.39, 0.29) is 5.82 Å². The van der Waals surface area contributed by atoms with Crippen LogP contribution in [0, 0.1) is 5.82 Å². The fourth-order valence-electron chi connectivity index (χ4n) is 2.14. The van der Waals surface area contributed by atoms with E-state index in [0.29, 0.717) is 17.4 Å². The van der Waals surface area contributed by atoms with Crippen LogP contribution in [0.25, 0.3) is 11.1 Å². The predicted molar refractivity (Wildman–Crippen MR) is 76.0 cm³/mol. The topological polar surface area (TPSA) is 34.1 Å². The SMILES string of the molecule is COc1ccc(-c2cncc(CNC3CC3)c2)c(F)c1. The highest BCUT2D eigenvalue weighted by atomic mass is 19.1. The van der Waals surface area contributed by atoms with Gasteiger partial charge in [-0.1, -0.05) is 0 Å². The molecular weight excluding hydrogens is 255 g/mol. The molecule has 1 N–H and O–H groups in total. The number of pyridine rings is 1. The van der Waals surface area contributed by atoms with Gasteiger partial charge in [0.2, 0.25) is 0 Å². The zero-order chi connectivity index (χ0) is 13.9. The number of halogens is 1. The van der Waals surface area contributed by atoms with Crippen LogP contribution in [0.5, 0.6) is 5.75 Å². The summed E-state index contributed by atoms with van der Waals surface area (Å²) < 4.78 is 19.1. The van der Waals surface area contributed by atoms with Crippen molar-refractivity contribution in [2.45, 2.75) is 25.4 Å². The number of aromatic nitrogens is 1. The maximum Gasteiger partial charge on any atom is 0.134 e. The van der Waals surface area contributed by atoms with Gasteiger partial charge in [0.05, 0.1) is 7.11 Å². The standard InChI is InChI=1S/C16H17FN2O/c1-20-14-4-5-15(16(17)7-14)12-6-11(8-18-10-12)9-19-13-2-3-13/h4-8,10,13,19H,2-3,9H2,1H3. The van der Waals surface area contributed by atoms with Crippen LogP contribution in [0.1, 0.15) is 18.4 Å². The van der Waals surface area contributed by atoms with Crippen molar-refractivity contribution in [1.29, 1.82) is 0 Å². The Morgan fingerprint density at radius 1 is 1.30 bits per heavy atom. The van der Waals surface area contributed by atoms with Crippen molar-refractivity contribution in [3.05, 3.63) is 48.0 Å². The highest BCUT2D eigenvalue weighted by Gasteiger charge is 2.20. The van der Waals surface area contributed by atoms with Crippen molar-refractivity contribution in [2.75, 3.05) is 7.11 Å². The number of hydrogen-bond donors (Lipinski definition) is 1. The van der Waals surface area contributed by atoms with E-state index in [1.165, 1.54) is 26.0 Å². The van der Waals surface area contributed by atoms with E-state index in [0.717, 1.165) is 17.7 Å². The number of nitrogens with zero attached hydrogens (tertiary/aromatic N) is 1. The molecule has 4 heteroatoms. The summed E-state index contributed by atoms with van der Waals surface area (Å²) in [5.74, 6) is 0.226. The molecule has 0 atom stereocenters. The lowest BCUT2D eigenvalue weighted by atomic mass is 10.1. The van der Waals surface area contributed by atoms with Crippen LogP contribution in [0.15, 0.2) is 36.7 Å². The van der Waals surface area contributed by atoms with Gasteiger partial charge in [0, 0.05) is 42.2 Å². The molecule has 20 heavy (non-hydrogen) atoms. The molecule has 2 aromatic rings. The van der Waals surface area contributed by atoms with Crippen LogP contribution in [-0.4, -0.2) is 18.1 Å². The second-order valence-corrected chi connectivity index (χ2v) is 5.08. The molecule has 1 aliphatic rings. The van der Waals surface area contributed by atoms with Gasteiger partial charge >= 0.3 is 0 Å². The molecule has 1 heterocycles. The average molecular weight is 272 g/mol. The van der Waals surface area contributed by atoms with E-state index in [1.807, 2.05) is 12.3 Å². The van der Waals surface area contributed by atoms with Crippen molar-refractivity contribution < 1.29 is 9.13 Å². The van der Waals surface area contributed by atoms with E-state index in [1.54, 1.807) is 18.3 Å². The smallest absolute Gasteiger partial charge is 0.134 e. The molecule has 1 aromatic heterocycles. The average Bonchev–Trinajstić information content (AvgIpc) is 3.29. The Labute approximate surface area is 117 Å². The van der Waals surface area contributed by atoms with Gasteiger partial charge in [-0.3, -0.25) is 4.98 Å². The summed E-state index contributed by atoms with van der Waals surface area (Å²) in [7, 11) is 1.53. The van der Waals surface area contributed by atoms with Crippen molar-refractivity contribution >= 4 is 0 Å². The molecule has 0 unspecified atom stereocenters. The Hall–Kier alpha value is -1.94. The van der Waals surface area contributed by atoms with Gasteiger partial charge in [-0.05, 0) is 36.6 Å². The van der Waals surface area contributed by atoms with Crippen molar-refractivity contribution in [3.63, 3.8) is 0 Å². The summed E-state index contributed by atoms with van der Waals surface area (Å²) in [6, 6.07) is 7.51. The maximum absolute atomic E-state index is 14.1. The first-order valence-corrected chi connectivity index (χ1v) is 6.77. The summed E-state index contributed by atoms with van der Waals surface area (Å²) in [6.07, 6.45) is 6.01. The van der Waals surface area contributed by atoms with Crippen LogP contribution < -0.4 is 10.1 Å². The van der Waals surface area contributed by atoms with Gasteiger partial charge in [-0.25, -0.2) is 4.39 Å². The van der Waals surface area contributed by atoms with Crippen LogP contribution in [0.2, 0.25) is 0 Å². The Morgan fingerprint density at radius 3 is 2.85 bits per heavy atom. The van der Waals surface area contributed by atoms with Gasteiger partial charge < -0.3 is 10.1 Å². The quantitative estimate of drug-likeness (QED) is 0.908. The number of methoxy groups -OCH3 is 1. The fraction of sp³-hybridized carbons (Fsp3) is 0.312. The summed E-state index contributed by atoms with van der Waals surface area (Å²) in [4.78, 5) is 4.21. The first kappa shape index (κ1) is 13.1. The number of hydrogen-bond acceptors (Lipinski definition) is 3. The van der Waals surface area contributed by atoms with Crippen LogP contribution in [0.3, 0.4) is 0 Å². The minimum Gasteiger partial charge on any atom is -0.497 e. The molecule has 0 spiro atoms. The first-order chi connectivity index (χ1) is 9.76. The molecule has 104 valence electrons. The summed E-state index contributed by atoms with van der Waals surface area (Å²) >= 11 is 0. The second kappa shape index (κ2) is 5.59. The monoisotopic (exact) mass is 272 g/mol. The molecule has 0 radical (unpaired) electrons. The van der Waals surface area contributed by atoms with Crippen molar-refractivity contribution in [3.8, 4) is 16.9 Å². The Morgan fingerprint density at radius 2 is 2.15 bits per heavy atom.